The van der Waals surface area contributed by atoms with Crippen LogP contribution in [0.15, 0.2) is 48.8 Å². The number of methoxy groups -OCH3 is 1. The molecule has 0 saturated carbocycles. The van der Waals surface area contributed by atoms with Crippen LogP contribution in [0.3, 0.4) is 0 Å². The van der Waals surface area contributed by atoms with Crippen molar-refractivity contribution in [3.63, 3.8) is 0 Å². The van der Waals surface area contributed by atoms with Crippen LogP contribution in [-0.2, 0) is 9.47 Å². The Labute approximate surface area is 201 Å². The maximum Gasteiger partial charge on any atom is 0.410 e. The molecule has 2 aromatic rings. The summed E-state index contributed by atoms with van der Waals surface area (Å²) in [4.78, 5) is 33.8. The predicted molar refractivity (Wildman–Crippen MR) is 132 cm³/mol. The summed E-state index contributed by atoms with van der Waals surface area (Å²) in [6.45, 7) is 9.25. The summed E-state index contributed by atoms with van der Waals surface area (Å²) < 4.78 is 10.7. The van der Waals surface area contributed by atoms with Crippen LogP contribution in [0.2, 0.25) is 0 Å². The molecule has 0 unspecified atom stereocenters. The van der Waals surface area contributed by atoms with Crippen LogP contribution in [0.1, 0.15) is 31.1 Å². The Bertz CT molecular complexity index is 938. The Morgan fingerprint density at radius 1 is 1.06 bits per heavy atom. The van der Waals surface area contributed by atoms with Crippen molar-refractivity contribution < 1.29 is 19.1 Å². The zero-order valence-electron chi connectivity index (χ0n) is 20.7. The Morgan fingerprint density at radius 2 is 1.74 bits per heavy atom. The third kappa shape index (κ3) is 6.68. The molecule has 184 valence electrons. The summed E-state index contributed by atoms with van der Waals surface area (Å²) in [7, 11) is 3.48. The number of likely N-dealkylation sites (N-methyl/N-ethyl adjacent to an activating group) is 1. The van der Waals surface area contributed by atoms with Gasteiger partial charge in [-0.15, -0.1) is 0 Å². The quantitative estimate of drug-likeness (QED) is 0.576. The fourth-order valence-corrected chi connectivity index (χ4v) is 3.68. The van der Waals surface area contributed by atoms with Crippen molar-refractivity contribution in [1.29, 1.82) is 0 Å². The van der Waals surface area contributed by atoms with Gasteiger partial charge in [-0.05, 0) is 57.2 Å². The number of hydrogen-bond acceptors (Lipinski definition) is 7. The molecule has 1 saturated heterocycles. The van der Waals surface area contributed by atoms with Crippen LogP contribution in [-0.4, -0.2) is 86.0 Å². The summed E-state index contributed by atoms with van der Waals surface area (Å²) in [6.07, 6.45) is 3.07. The van der Waals surface area contributed by atoms with Gasteiger partial charge in [0.15, 0.2) is 0 Å². The summed E-state index contributed by atoms with van der Waals surface area (Å²) in [5.74, 6) is -0.145. The first-order valence-electron chi connectivity index (χ1n) is 11.5. The van der Waals surface area contributed by atoms with E-state index in [1.165, 1.54) is 0 Å². The number of pyridine rings is 1. The second-order valence-electron chi connectivity index (χ2n) is 9.20. The molecular weight excluding hydrogens is 434 g/mol. The average molecular weight is 470 g/mol. The number of piperazine rings is 1. The number of ether oxygens (including phenoxy) is 2. The van der Waals surface area contributed by atoms with Crippen LogP contribution in [0.4, 0.5) is 16.2 Å². The van der Waals surface area contributed by atoms with Gasteiger partial charge in [0.2, 0.25) is 0 Å². The molecule has 1 aliphatic heterocycles. The Kier molecular flexibility index (Phi) is 8.46. The van der Waals surface area contributed by atoms with E-state index in [0.29, 0.717) is 50.6 Å². The molecule has 2 amide bonds. The normalized spacial score (nSPS) is 14.3. The molecule has 1 aliphatic rings. The highest BCUT2D eigenvalue weighted by atomic mass is 16.6. The molecule has 0 N–H and O–H groups in total. The molecule has 0 aliphatic carbocycles. The maximum atomic E-state index is 13.4. The van der Waals surface area contributed by atoms with Gasteiger partial charge in [0.1, 0.15) is 5.60 Å². The smallest absolute Gasteiger partial charge is 0.410 e. The summed E-state index contributed by atoms with van der Waals surface area (Å²) in [5, 5.41) is 3.44. The number of benzene rings is 1. The topological polar surface area (TPSA) is 78.5 Å². The molecular formula is C25H35N5O4. The number of anilines is 2. The van der Waals surface area contributed by atoms with E-state index in [9.17, 15) is 9.59 Å². The molecule has 9 heteroatoms. The fourth-order valence-electron chi connectivity index (χ4n) is 3.68. The van der Waals surface area contributed by atoms with Crippen molar-refractivity contribution in [3.8, 4) is 0 Å². The van der Waals surface area contributed by atoms with E-state index in [1.54, 1.807) is 35.5 Å². The number of hydrogen-bond donors (Lipinski definition) is 0. The van der Waals surface area contributed by atoms with Crippen molar-refractivity contribution in [2.24, 2.45) is 0 Å². The molecule has 34 heavy (non-hydrogen) atoms. The maximum absolute atomic E-state index is 13.4. The van der Waals surface area contributed by atoms with Crippen LogP contribution >= 0.6 is 0 Å². The number of nitrogens with zero attached hydrogens (tertiary/aromatic N) is 5. The number of carbonyl (C=O) groups excluding carboxylic acids is 2. The second-order valence-corrected chi connectivity index (χ2v) is 9.20. The van der Waals surface area contributed by atoms with Gasteiger partial charge in [-0.25, -0.2) is 14.8 Å². The van der Waals surface area contributed by atoms with Crippen LogP contribution in [0, 0.1) is 0 Å². The van der Waals surface area contributed by atoms with Gasteiger partial charge >= 0.3 is 6.09 Å². The predicted octanol–water partition coefficient (Wildman–Crippen LogP) is 3.28. The van der Waals surface area contributed by atoms with Crippen LogP contribution in [0.5, 0.6) is 0 Å². The van der Waals surface area contributed by atoms with Crippen LogP contribution < -0.4 is 9.91 Å². The highest BCUT2D eigenvalue weighted by Gasteiger charge is 2.27. The van der Waals surface area contributed by atoms with Crippen molar-refractivity contribution in [1.82, 2.24) is 14.9 Å². The molecule has 9 nitrogen and oxygen atoms in total. The first-order chi connectivity index (χ1) is 16.2. The third-order valence-corrected chi connectivity index (χ3v) is 5.45. The summed E-state index contributed by atoms with van der Waals surface area (Å²) in [5.41, 5.74) is 1.77. The molecule has 0 atom stereocenters. The van der Waals surface area contributed by atoms with E-state index in [4.69, 9.17) is 9.47 Å². The van der Waals surface area contributed by atoms with Gasteiger partial charge in [0, 0.05) is 64.3 Å². The number of aromatic nitrogens is 1. The lowest BCUT2D eigenvalue weighted by molar-refractivity contribution is 0.0240. The minimum Gasteiger partial charge on any atom is -0.444 e. The Balaban J connectivity index is 1.67. The number of amides is 2. The van der Waals surface area contributed by atoms with Gasteiger partial charge in [0.25, 0.3) is 5.91 Å². The molecule has 1 aromatic carbocycles. The number of rotatable bonds is 7. The summed E-state index contributed by atoms with van der Waals surface area (Å²) >= 11 is 0. The molecule has 0 spiro atoms. The first kappa shape index (κ1) is 25.5. The van der Waals surface area contributed by atoms with E-state index < -0.39 is 5.60 Å². The largest absolute Gasteiger partial charge is 0.444 e. The van der Waals surface area contributed by atoms with E-state index >= 15 is 0 Å². The Morgan fingerprint density at radius 3 is 2.29 bits per heavy atom. The number of hydrazine groups is 1. The summed E-state index contributed by atoms with van der Waals surface area (Å²) in [6, 6.07) is 11.2. The molecule has 1 aromatic heterocycles. The molecule has 0 bridgehead atoms. The van der Waals surface area contributed by atoms with Gasteiger partial charge in [-0.3, -0.25) is 9.78 Å². The van der Waals surface area contributed by atoms with Crippen molar-refractivity contribution >= 4 is 23.4 Å². The van der Waals surface area contributed by atoms with Gasteiger partial charge in [-0.2, -0.15) is 0 Å². The lowest BCUT2D eigenvalue weighted by Crippen LogP contribution is -2.50. The van der Waals surface area contributed by atoms with Gasteiger partial charge in [-0.1, -0.05) is 0 Å². The van der Waals surface area contributed by atoms with E-state index in [-0.39, 0.29) is 12.0 Å². The Hall–Kier alpha value is -3.17. The monoisotopic (exact) mass is 469 g/mol. The van der Waals surface area contributed by atoms with Crippen molar-refractivity contribution in [3.05, 3.63) is 54.4 Å². The minimum absolute atomic E-state index is 0.145. The minimum atomic E-state index is -0.502. The van der Waals surface area contributed by atoms with Gasteiger partial charge in [0.05, 0.1) is 18.5 Å². The molecule has 3 rings (SSSR count). The lowest BCUT2D eigenvalue weighted by atomic mass is 10.1. The zero-order valence-corrected chi connectivity index (χ0v) is 20.7. The second kappa shape index (κ2) is 11.3. The molecule has 1 fully saturated rings. The van der Waals surface area contributed by atoms with Crippen LogP contribution in [0.25, 0.3) is 0 Å². The van der Waals surface area contributed by atoms with Gasteiger partial charge < -0.3 is 19.3 Å². The SMILES string of the molecule is COCCN(C)N(C(=O)c1ccc(N2CCN(C(=O)OC(C)(C)C)CC2)cc1)c1cccnc1. The van der Waals surface area contributed by atoms with Crippen molar-refractivity contribution in [2.75, 3.05) is 63.4 Å². The highest BCUT2D eigenvalue weighted by molar-refractivity contribution is 6.05. The van der Waals surface area contributed by atoms with E-state index in [0.717, 1.165) is 5.69 Å². The zero-order chi connectivity index (χ0) is 24.7. The fraction of sp³-hybridized carbons (Fsp3) is 0.480. The van der Waals surface area contributed by atoms with E-state index in [1.807, 2.05) is 63.2 Å². The van der Waals surface area contributed by atoms with E-state index in [2.05, 4.69) is 9.88 Å². The average Bonchev–Trinajstić information content (AvgIpc) is 2.82. The molecule has 0 radical (unpaired) electrons. The lowest BCUT2D eigenvalue weighted by Gasteiger charge is -2.37. The van der Waals surface area contributed by atoms with Crippen molar-refractivity contribution in [2.45, 2.75) is 26.4 Å². The third-order valence-electron chi connectivity index (χ3n) is 5.45. The number of carbonyl (C=O) groups is 2. The highest BCUT2D eigenvalue weighted by Crippen LogP contribution is 2.22. The first-order valence-corrected chi connectivity index (χ1v) is 11.5. The standard InChI is InChI=1S/C25H35N5O4/c1-25(2,3)34-24(32)29-15-13-28(14-16-29)21-10-8-20(9-11-21)23(31)30(27(4)17-18-33-5)22-7-6-12-26-19-22/h6-12,19H,13-18H2,1-5H3. The molecule has 2 heterocycles.